The van der Waals surface area contributed by atoms with Gasteiger partial charge in [-0.05, 0) is 24.3 Å². The average molecular weight is 381 g/mol. The smallest absolute Gasteiger partial charge is 0.290 e. The highest BCUT2D eigenvalue weighted by Crippen LogP contribution is 2.19. The first kappa shape index (κ1) is 18.6. The molecule has 0 unspecified atom stereocenters. The van der Waals surface area contributed by atoms with Crippen molar-refractivity contribution in [1.29, 1.82) is 0 Å². The maximum atomic E-state index is 12.4. The third-order valence-electron chi connectivity index (χ3n) is 3.68. The van der Waals surface area contributed by atoms with Crippen LogP contribution in [0.4, 0.5) is 5.82 Å². The van der Waals surface area contributed by atoms with Crippen LogP contribution in [-0.2, 0) is 16.1 Å². The van der Waals surface area contributed by atoms with E-state index in [9.17, 15) is 9.59 Å². The van der Waals surface area contributed by atoms with Gasteiger partial charge in [-0.15, -0.1) is 0 Å². The van der Waals surface area contributed by atoms with E-state index in [0.29, 0.717) is 28.2 Å². The molecule has 4 aromatic rings. The number of aromatic nitrogens is 4. The van der Waals surface area contributed by atoms with Crippen LogP contribution in [0.2, 0.25) is 0 Å². The van der Waals surface area contributed by atoms with Gasteiger partial charge in [0.05, 0.1) is 23.5 Å². The Morgan fingerprint density at radius 3 is 2.82 bits per heavy atom. The standard InChI is InChI=1S/C17H13N5O3.CH2O2/c23-16(19-15-8-13(20-21-15)14-6-3-7-25-14)9-22-10-18-12-5-2-1-4-11(12)17(22)24;2-1-3/h1-8,10H,9H2,(H2,19,20,21,23);1H,(H,2,3). The molecule has 10 heteroatoms. The molecule has 0 fully saturated rings. The number of anilines is 1. The SMILES string of the molecule is O=C(Cn1cnc2ccccc2c1=O)Nc1cc(-c2ccco2)[nH]n1.O=CO. The summed E-state index contributed by atoms with van der Waals surface area (Å²) in [6, 6.07) is 12.2. The van der Waals surface area contributed by atoms with Gasteiger partial charge in [-0.3, -0.25) is 24.0 Å². The topological polar surface area (TPSA) is 143 Å². The summed E-state index contributed by atoms with van der Waals surface area (Å²) in [5.74, 6) is 0.581. The lowest BCUT2D eigenvalue weighted by molar-refractivity contribution is -0.123. The van der Waals surface area contributed by atoms with Crippen molar-refractivity contribution in [3.63, 3.8) is 0 Å². The van der Waals surface area contributed by atoms with Gasteiger partial charge in [0, 0.05) is 6.07 Å². The summed E-state index contributed by atoms with van der Waals surface area (Å²) in [7, 11) is 0. The molecule has 3 aromatic heterocycles. The molecule has 0 saturated carbocycles. The van der Waals surface area contributed by atoms with Crippen LogP contribution in [0.25, 0.3) is 22.4 Å². The summed E-state index contributed by atoms with van der Waals surface area (Å²) in [5.41, 5.74) is 0.975. The number of carboxylic acid groups (broad SMARTS) is 1. The van der Waals surface area contributed by atoms with Crippen LogP contribution in [0.1, 0.15) is 0 Å². The minimum Gasteiger partial charge on any atom is -0.483 e. The number of hydrogen-bond acceptors (Lipinski definition) is 6. The molecule has 142 valence electrons. The van der Waals surface area contributed by atoms with Gasteiger partial charge in [0.2, 0.25) is 5.91 Å². The van der Waals surface area contributed by atoms with E-state index in [-0.39, 0.29) is 24.5 Å². The van der Waals surface area contributed by atoms with E-state index in [1.165, 1.54) is 10.9 Å². The molecule has 10 nitrogen and oxygen atoms in total. The summed E-state index contributed by atoms with van der Waals surface area (Å²) < 4.78 is 6.51. The number of hydrogen-bond donors (Lipinski definition) is 3. The lowest BCUT2D eigenvalue weighted by Gasteiger charge is -2.06. The van der Waals surface area contributed by atoms with Gasteiger partial charge < -0.3 is 14.8 Å². The zero-order chi connectivity index (χ0) is 19.9. The van der Waals surface area contributed by atoms with Crippen molar-refractivity contribution in [2.75, 3.05) is 5.32 Å². The molecule has 4 rings (SSSR count). The third-order valence-corrected chi connectivity index (χ3v) is 3.68. The molecule has 0 bridgehead atoms. The van der Waals surface area contributed by atoms with Gasteiger partial charge >= 0.3 is 0 Å². The van der Waals surface area contributed by atoms with Gasteiger partial charge in [0.25, 0.3) is 12.0 Å². The largest absolute Gasteiger partial charge is 0.483 e. The van der Waals surface area contributed by atoms with Gasteiger partial charge in [-0.1, -0.05) is 12.1 Å². The minimum atomic E-state index is -0.378. The molecule has 0 aliphatic carbocycles. The van der Waals surface area contributed by atoms with Crippen molar-refractivity contribution < 1.29 is 19.1 Å². The fourth-order valence-electron chi connectivity index (χ4n) is 2.50. The Morgan fingerprint density at radius 2 is 2.07 bits per heavy atom. The average Bonchev–Trinajstić information content (AvgIpc) is 3.37. The van der Waals surface area contributed by atoms with Gasteiger partial charge in [0.15, 0.2) is 11.6 Å². The van der Waals surface area contributed by atoms with E-state index in [4.69, 9.17) is 14.3 Å². The summed E-state index contributed by atoms with van der Waals surface area (Å²) >= 11 is 0. The summed E-state index contributed by atoms with van der Waals surface area (Å²) in [5, 5.41) is 16.8. The molecule has 0 atom stereocenters. The third kappa shape index (κ3) is 4.12. The Kier molecular flexibility index (Phi) is 5.60. The van der Waals surface area contributed by atoms with E-state index >= 15 is 0 Å². The molecule has 3 N–H and O–H groups in total. The second-order valence-electron chi connectivity index (χ2n) is 5.49. The number of amides is 1. The van der Waals surface area contributed by atoms with Crippen LogP contribution in [0.15, 0.2) is 64.3 Å². The molecule has 0 spiro atoms. The molecule has 0 radical (unpaired) electrons. The highest BCUT2D eigenvalue weighted by molar-refractivity contribution is 5.90. The normalized spacial score (nSPS) is 10.1. The van der Waals surface area contributed by atoms with Crippen molar-refractivity contribution in [3.8, 4) is 11.5 Å². The van der Waals surface area contributed by atoms with Crippen molar-refractivity contribution in [2.24, 2.45) is 0 Å². The molecule has 0 saturated heterocycles. The highest BCUT2D eigenvalue weighted by atomic mass is 16.3. The molecule has 28 heavy (non-hydrogen) atoms. The number of fused-ring (bicyclic) bond motifs is 1. The Hall–Kier alpha value is -4.21. The van der Waals surface area contributed by atoms with Crippen LogP contribution in [0.3, 0.4) is 0 Å². The number of carbonyl (C=O) groups excluding carboxylic acids is 1. The molecule has 0 aliphatic rings. The van der Waals surface area contributed by atoms with Crippen molar-refractivity contribution >= 4 is 29.1 Å². The van der Waals surface area contributed by atoms with E-state index in [0.717, 1.165) is 0 Å². The lowest BCUT2D eigenvalue weighted by Crippen LogP contribution is -2.28. The predicted molar refractivity (Wildman–Crippen MR) is 99.6 cm³/mol. The summed E-state index contributed by atoms with van der Waals surface area (Å²) in [6.07, 6.45) is 2.91. The fraction of sp³-hybridized carbons (Fsp3) is 0.0556. The molecule has 1 amide bonds. The van der Waals surface area contributed by atoms with Crippen LogP contribution in [-0.4, -0.2) is 37.2 Å². The predicted octanol–water partition coefficient (Wildman–Crippen LogP) is 1.72. The monoisotopic (exact) mass is 381 g/mol. The van der Waals surface area contributed by atoms with Crippen LogP contribution in [0.5, 0.6) is 0 Å². The first-order valence-electron chi connectivity index (χ1n) is 8.03. The second kappa shape index (κ2) is 8.45. The fourth-order valence-corrected chi connectivity index (χ4v) is 2.50. The minimum absolute atomic E-state index is 0.153. The maximum absolute atomic E-state index is 12.4. The van der Waals surface area contributed by atoms with Crippen molar-refractivity contribution in [2.45, 2.75) is 6.54 Å². The van der Waals surface area contributed by atoms with Crippen molar-refractivity contribution in [3.05, 3.63) is 65.4 Å². The number of nitrogens with one attached hydrogen (secondary N) is 2. The zero-order valence-corrected chi connectivity index (χ0v) is 14.4. The Balaban J connectivity index is 0.000000706. The number of nitrogens with zero attached hydrogens (tertiary/aromatic N) is 3. The van der Waals surface area contributed by atoms with Crippen molar-refractivity contribution in [1.82, 2.24) is 19.7 Å². The Morgan fingerprint density at radius 1 is 1.29 bits per heavy atom. The highest BCUT2D eigenvalue weighted by Gasteiger charge is 2.11. The number of furan rings is 1. The van der Waals surface area contributed by atoms with E-state index in [1.807, 2.05) is 0 Å². The number of H-pyrrole nitrogens is 1. The maximum Gasteiger partial charge on any atom is 0.290 e. The summed E-state index contributed by atoms with van der Waals surface area (Å²) in [4.78, 5) is 37.1. The van der Waals surface area contributed by atoms with Crippen LogP contribution < -0.4 is 10.9 Å². The number of aromatic amines is 1. The molecule has 1 aromatic carbocycles. The van der Waals surface area contributed by atoms with E-state index in [2.05, 4.69) is 20.5 Å². The number of rotatable bonds is 4. The van der Waals surface area contributed by atoms with Crippen LogP contribution in [0, 0.1) is 0 Å². The van der Waals surface area contributed by atoms with Gasteiger partial charge in [0.1, 0.15) is 12.2 Å². The second-order valence-corrected chi connectivity index (χ2v) is 5.49. The molecule has 3 heterocycles. The Bertz CT molecular complexity index is 1150. The van der Waals surface area contributed by atoms with Gasteiger partial charge in [-0.25, -0.2) is 4.98 Å². The van der Waals surface area contributed by atoms with Crippen LogP contribution >= 0.6 is 0 Å². The molecular formula is C18H15N5O5. The first-order valence-corrected chi connectivity index (χ1v) is 8.03. The lowest BCUT2D eigenvalue weighted by atomic mass is 10.2. The number of benzene rings is 1. The first-order chi connectivity index (χ1) is 13.6. The summed E-state index contributed by atoms with van der Waals surface area (Å²) in [6.45, 7) is -0.403. The number of carbonyl (C=O) groups is 2. The molecule has 0 aliphatic heterocycles. The quantitative estimate of drug-likeness (QED) is 0.457. The zero-order valence-electron chi connectivity index (χ0n) is 14.4. The molecular weight excluding hydrogens is 366 g/mol. The van der Waals surface area contributed by atoms with Gasteiger partial charge in [-0.2, -0.15) is 5.10 Å². The van der Waals surface area contributed by atoms with E-state index < -0.39 is 0 Å². The van der Waals surface area contributed by atoms with E-state index in [1.54, 1.807) is 48.7 Å². The Labute approximate surface area is 157 Å². The number of para-hydroxylation sites is 1.